The van der Waals surface area contributed by atoms with E-state index in [1.165, 1.54) is 6.07 Å². The van der Waals surface area contributed by atoms with Crippen LogP contribution in [0.4, 0.5) is 4.39 Å². The number of rotatable bonds is 8. The Bertz CT molecular complexity index is 1420. The number of halogens is 1. The number of hydrogen-bond acceptors (Lipinski definition) is 6. The number of fused-ring (bicyclic) bond motifs is 3. The van der Waals surface area contributed by atoms with Gasteiger partial charge in [0.25, 0.3) is 0 Å². The maximum absolute atomic E-state index is 13.3. The summed E-state index contributed by atoms with van der Waals surface area (Å²) in [6, 6.07) is 20.4. The van der Waals surface area contributed by atoms with Crippen LogP contribution in [0.5, 0.6) is 5.88 Å². The van der Waals surface area contributed by atoms with E-state index < -0.39 is 0 Å². The lowest BCUT2D eigenvalue weighted by Crippen LogP contribution is -2.18. The van der Waals surface area contributed by atoms with Crippen molar-refractivity contribution in [3.63, 3.8) is 0 Å². The first-order valence-electron chi connectivity index (χ1n) is 10.8. The summed E-state index contributed by atoms with van der Waals surface area (Å²) in [5, 5.41) is 18.1. The minimum atomic E-state index is -0.206. The Labute approximate surface area is 190 Å². The SMILES string of the molecule is Cc1nnc2c3ccccc3c(OCc3cccc(CNCCc4cccc(F)c4)n3)nn12. The summed E-state index contributed by atoms with van der Waals surface area (Å²) in [5.74, 6) is 1.01. The minimum Gasteiger partial charge on any atom is -0.470 e. The van der Waals surface area contributed by atoms with Gasteiger partial charge in [-0.15, -0.1) is 15.3 Å². The van der Waals surface area contributed by atoms with Gasteiger partial charge in [0.05, 0.1) is 11.4 Å². The summed E-state index contributed by atoms with van der Waals surface area (Å²) in [6.07, 6.45) is 0.754. The van der Waals surface area contributed by atoms with Gasteiger partial charge in [-0.25, -0.2) is 4.39 Å². The molecule has 0 atom stereocenters. The zero-order chi connectivity index (χ0) is 22.6. The number of aromatic nitrogens is 5. The van der Waals surface area contributed by atoms with Crippen molar-refractivity contribution in [3.05, 3.63) is 95.3 Å². The van der Waals surface area contributed by atoms with Gasteiger partial charge in [0.2, 0.25) is 5.88 Å². The normalized spacial score (nSPS) is 11.3. The van der Waals surface area contributed by atoms with Gasteiger partial charge in [0.1, 0.15) is 12.4 Å². The van der Waals surface area contributed by atoms with Crippen LogP contribution in [-0.4, -0.2) is 31.3 Å². The van der Waals surface area contributed by atoms with Crippen LogP contribution in [-0.2, 0) is 19.6 Å². The molecule has 0 aliphatic rings. The van der Waals surface area contributed by atoms with Crippen molar-refractivity contribution in [2.75, 3.05) is 6.54 Å². The molecule has 0 bridgehead atoms. The minimum absolute atomic E-state index is 0.206. The van der Waals surface area contributed by atoms with Gasteiger partial charge in [-0.1, -0.05) is 36.4 Å². The molecule has 0 saturated heterocycles. The Balaban J connectivity index is 1.24. The second-order valence-corrected chi connectivity index (χ2v) is 7.80. The summed E-state index contributed by atoms with van der Waals surface area (Å²) in [5.41, 5.74) is 3.40. The third-order valence-electron chi connectivity index (χ3n) is 5.39. The van der Waals surface area contributed by atoms with Crippen molar-refractivity contribution in [1.82, 2.24) is 30.1 Å². The van der Waals surface area contributed by atoms with Crippen molar-refractivity contribution >= 4 is 16.4 Å². The highest BCUT2D eigenvalue weighted by Crippen LogP contribution is 2.26. The number of pyridine rings is 1. The fourth-order valence-corrected chi connectivity index (χ4v) is 3.75. The molecule has 8 heteroatoms. The molecule has 0 radical (unpaired) electrons. The van der Waals surface area contributed by atoms with E-state index in [9.17, 15) is 4.39 Å². The smallest absolute Gasteiger partial charge is 0.240 e. The molecule has 0 fully saturated rings. The van der Waals surface area contributed by atoms with E-state index in [-0.39, 0.29) is 5.82 Å². The monoisotopic (exact) mass is 442 g/mol. The van der Waals surface area contributed by atoms with Gasteiger partial charge in [-0.05, 0) is 55.8 Å². The molecule has 2 aromatic carbocycles. The van der Waals surface area contributed by atoms with Crippen molar-refractivity contribution in [1.29, 1.82) is 0 Å². The second kappa shape index (κ2) is 9.30. The van der Waals surface area contributed by atoms with Crippen LogP contribution in [0.1, 0.15) is 22.8 Å². The highest BCUT2D eigenvalue weighted by atomic mass is 19.1. The van der Waals surface area contributed by atoms with Gasteiger partial charge in [-0.3, -0.25) is 4.98 Å². The molecule has 0 unspecified atom stereocenters. The fraction of sp³-hybridized carbons (Fsp3) is 0.200. The zero-order valence-electron chi connectivity index (χ0n) is 18.2. The molecule has 3 heterocycles. The number of benzene rings is 2. The molecule has 5 aromatic rings. The molecule has 166 valence electrons. The number of aryl methyl sites for hydroxylation is 1. The Hall–Kier alpha value is -3.91. The van der Waals surface area contributed by atoms with Gasteiger partial charge >= 0.3 is 0 Å². The molecule has 0 aliphatic heterocycles. The van der Waals surface area contributed by atoms with Gasteiger partial charge in [0.15, 0.2) is 11.5 Å². The Morgan fingerprint density at radius 1 is 0.939 bits per heavy atom. The standard InChI is InChI=1S/C25H23FN6O/c1-17-29-30-24-22-10-2-3-11-23(22)25(31-32(17)24)33-16-21-9-5-8-20(28-21)15-27-13-12-18-6-4-7-19(26)14-18/h2-11,14,27H,12-13,15-16H2,1H3. The Morgan fingerprint density at radius 3 is 2.64 bits per heavy atom. The summed E-state index contributed by atoms with van der Waals surface area (Å²) < 4.78 is 21.1. The molecule has 7 nitrogen and oxygen atoms in total. The van der Waals surface area contributed by atoms with E-state index in [1.807, 2.05) is 55.5 Å². The molecule has 1 N–H and O–H groups in total. The Morgan fingerprint density at radius 2 is 1.76 bits per heavy atom. The van der Waals surface area contributed by atoms with Crippen LogP contribution < -0.4 is 10.1 Å². The molecule has 0 amide bonds. The lowest BCUT2D eigenvalue weighted by molar-refractivity contribution is 0.288. The van der Waals surface area contributed by atoms with Gasteiger partial charge < -0.3 is 10.1 Å². The third-order valence-corrected chi connectivity index (χ3v) is 5.39. The van der Waals surface area contributed by atoms with Crippen molar-refractivity contribution in [2.45, 2.75) is 26.5 Å². The van der Waals surface area contributed by atoms with Crippen LogP contribution >= 0.6 is 0 Å². The second-order valence-electron chi connectivity index (χ2n) is 7.80. The molecular formula is C25H23FN6O. The summed E-state index contributed by atoms with van der Waals surface area (Å²) in [4.78, 5) is 4.69. The van der Waals surface area contributed by atoms with Crippen LogP contribution in [0.2, 0.25) is 0 Å². The maximum atomic E-state index is 13.3. The summed E-state index contributed by atoms with van der Waals surface area (Å²) >= 11 is 0. The maximum Gasteiger partial charge on any atom is 0.240 e. The Kier molecular flexibility index (Phi) is 5.91. The predicted molar refractivity (Wildman–Crippen MR) is 123 cm³/mol. The van der Waals surface area contributed by atoms with E-state index in [2.05, 4.69) is 25.6 Å². The largest absolute Gasteiger partial charge is 0.470 e. The van der Waals surface area contributed by atoms with E-state index in [0.717, 1.165) is 40.7 Å². The first kappa shape index (κ1) is 21.0. The van der Waals surface area contributed by atoms with Crippen LogP contribution in [0, 0.1) is 12.7 Å². The average Bonchev–Trinajstić information content (AvgIpc) is 3.21. The molecular weight excluding hydrogens is 419 g/mol. The van der Waals surface area contributed by atoms with E-state index in [0.29, 0.717) is 30.5 Å². The molecule has 0 spiro atoms. The van der Waals surface area contributed by atoms with Crippen LogP contribution in [0.15, 0.2) is 66.7 Å². The van der Waals surface area contributed by atoms with E-state index in [4.69, 9.17) is 4.74 Å². The van der Waals surface area contributed by atoms with Gasteiger partial charge in [0, 0.05) is 17.3 Å². The third kappa shape index (κ3) is 4.65. The quantitative estimate of drug-likeness (QED) is 0.366. The molecule has 5 rings (SSSR count). The van der Waals surface area contributed by atoms with E-state index >= 15 is 0 Å². The first-order valence-corrected chi connectivity index (χ1v) is 10.8. The zero-order valence-corrected chi connectivity index (χ0v) is 18.2. The molecule has 33 heavy (non-hydrogen) atoms. The number of nitrogens with zero attached hydrogens (tertiary/aromatic N) is 5. The molecule has 0 aliphatic carbocycles. The van der Waals surface area contributed by atoms with Gasteiger partial charge in [-0.2, -0.15) is 4.52 Å². The average molecular weight is 442 g/mol. The highest BCUT2D eigenvalue weighted by molar-refractivity contribution is 5.96. The highest BCUT2D eigenvalue weighted by Gasteiger charge is 2.13. The van der Waals surface area contributed by atoms with Crippen molar-refractivity contribution in [2.24, 2.45) is 0 Å². The lowest BCUT2D eigenvalue weighted by Gasteiger charge is -2.10. The van der Waals surface area contributed by atoms with E-state index in [1.54, 1.807) is 16.6 Å². The molecule has 0 saturated carbocycles. The molecule has 3 aromatic heterocycles. The topological polar surface area (TPSA) is 77.2 Å². The summed E-state index contributed by atoms with van der Waals surface area (Å²) in [6.45, 7) is 3.51. The van der Waals surface area contributed by atoms with Crippen molar-refractivity contribution < 1.29 is 9.13 Å². The van der Waals surface area contributed by atoms with Crippen LogP contribution in [0.3, 0.4) is 0 Å². The first-order chi connectivity index (χ1) is 16.2. The fourth-order valence-electron chi connectivity index (χ4n) is 3.75. The summed E-state index contributed by atoms with van der Waals surface area (Å²) in [7, 11) is 0. The van der Waals surface area contributed by atoms with Crippen molar-refractivity contribution in [3.8, 4) is 5.88 Å². The predicted octanol–water partition coefficient (Wildman–Crippen LogP) is 4.03. The van der Waals surface area contributed by atoms with Crippen LogP contribution in [0.25, 0.3) is 16.4 Å². The lowest BCUT2D eigenvalue weighted by atomic mass is 10.1. The number of hydrogen-bond donors (Lipinski definition) is 1. The number of ether oxygens (including phenoxy) is 1. The number of nitrogens with one attached hydrogen (secondary N) is 1.